The van der Waals surface area contributed by atoms with Gasteiger partial charge in [0.1, 0.15) is 5.75 Å². The summed E-state index contributed by atoms with van der Waals surface area (Å²) in [4.78, 5) is 0. The van der Waals surface area contributed by atoms with E-state index in [2.05, 4.69) is 26.8 Å². The van der Waals surface area contributed by atoms with Crippen molar-refractivity contribution in [3.63, 3.8) is 0 Å². The predicted molar refractivity (Wildman–Crippen MR) is 62.3 cm³/mol. The van der Waals surface area contributed by atoms with E-state index in [1.807, 2.05) is 12.1 Å². The van der Waals surface area contributed by atoms with Crippen LogP contribution < -0.4 is 4.74 Å². The van der Waals surface area contributed by atoms with Gasteiger partial charge in [-0.3, -0.25) is 0 Å². The Hall–Kier alpha value is -1.02. The maximum atomic E-state index is 9.08. The number of methoxy groups -OCH3 is 1. The molecule has 2 heteroatoms. The Morgan fingerprint density at radius 1 is 1.27 bits per heavy atom. The van der Waals surface area contributed by atoms with Crippen LogP contribution in [0.1, 0.15) is 36.8 Å². The number of rotatable bonds is 4. The Morgan fingerprint density at radius 3 is 2.33 bits per heavy atom. The SMILES string of the molecule is [CH2]C(CO)c1cc(OC)cc(C(C)C)c1. The molecule has 0 spiro atoms. The van der Waals surface area contributed by atoms with E-state index in [1.54, 1.807) is 7.11 Å². The molecule has 0 fully saturated rings. The second kappa shape index (κ2) is 5.17. The minimum atomic E-state index is -0.0856. The molecule has 0 saturated heterocycles. The van der Waals surface area contributed by atoms with E-state index in [0.29, 0.717) is 5.92 Å². The van der Waals surface area contributed by atoms with Crippen molar-refractivity contribution < 1.29 is 9.84 Å². The lowest BCUT2D eigenvalue weighted by Crippen LogP contribution is -2.01. The van der Waals surface area contributed by atoms with Crippen molar-refractivity contribution in [3.05, 3.63) is 36.2 Å². The van der Waals surface area contributed by atoms with Crippen LogP contribution in [0.5, 0.6) is 5.75 Å². The molecular formula is C13H19O2. The van der Waals surface area contributed by atoms with Crippen LogP contribution >= 0.6 is 0 Å². The van der Waals surface area contributed by atoms with Gasteiger partial charge >= 0.3 is 0 Å². The van der Waals surface area contributed by atoms with Gasteiger partial charge in [0.15, 0.2) is 0 Å². The van der Waals surface area contributed by atoms with E-state index in [4.69, 9.17) is 9.84 Å². The number of aliphatic hydroxyl groups excluding tert-OH is 1. The molecule has 0 heterocycles. The first-order valence-electron chi connectivity index (χ1n) is 5.21. The summed E-state index contributed by atoms with van der Waals surface area (Å²) in [5.41, 5.74) is 2.24. The van der Waals surface area contributed by atoms with Gasteiger partial charge in [-0.25, -0.2) is 0 Å². The normalized spacial score (nSPS) is 12.9. The van der Waals surface area contributed by atoms with E-state index < -0.39 is 0 Å². The molecule has 1 aromatic carbocycles. The molecule has 0 aliphatic heterocycles. The quantitative estimate of drug-likeness (QED) is 0.822. The monoisotopic (exact) mass is 207 g/mol. The molecule has 1 radical (unpaired) electrons. The molecule has 1 rings (SSSR count). The van der Waals surface area contributed by atoms with Gasteiger partial charge < -0.3 is 9.84 Å². The first-order valence-corrected chi connectivity index (χ1v) is 5.21. The summed E-state index contributed by atoms with van der Waals surface area (Å²) in [5.74, 6) is 1.20. The standard InChI is InChI=1S/C13H19O2/c1-9(2)11-5-12(10(3)8-14)7-13(6-11)15-4/h5-7,9-10,14H,3,8H2,1-2,4H3. The van der Waals surface area contributed by atoms with Crippen molar-refractivity contribution in [3.8, 4) is 5.75 Å². The van der Waals surface area contributed by atoms with E-state index in [9.17, 15) is 0 Å². The fraction of sp³-hybridized carbons (Fsp3) is 0.462. The molecule has 1 atom stereocenters. The Bertz CT molecular complexity index is 318. The Labute approximate surface area is 91.9 Å². The molecule has 83 valence electrons. The van der Waals surface area contributed by atoms with Crippen molar-refractivity contribution in [2.24, 2.45) is 0 Å². The Morgan fingerprint density at radius 2 is 1.87 bits per heavy atom. The van der Waals surface area contributed by atoms with Crippen molar-refractivity contribution in [1.29, 1.82) is 0 Å². The number of hydrogen-bond donors (Lipinski definition) is 1. The molecule has 0 amide bonds. The van der Waals surface area contributed by atoms with Crippen molar-refractivity contribution in [2.45, 2.75) is 25.7 Å². The molecule has 2 nitrogen and oxygen atoms in total. The Balaban J connectivity index is 3.11. The first kappa shape index (κ1) is 12.1. The summed E-state index contributed by atoms with van der Waals surface area (Å²) in [6.07, 6.45) is 0. The summed E-state index contributed by atoms with van der Waals surface area (Å²) < 4.78 is 5.23. The third-order valence-electron chi connectivity index (χ3n) is 2.55. The van der Waals surface area contributed by atoms with Crippen LogP contribution in [0.25, 0.3) is 0 Å². The highest BCUT2D eigenvalue weighted by Gasteiger charge is 2.09. The lowest BCUT2D eigenvalue weighted by Gasteiger charge is -2.14. The topological polar surface area (TPSA) is 29.5 Å². The summed E-state index contributed by atoms with van der Waals surface area (Å²) in [6.45, 7) is 8.23. The molecule has 1 N–H and O–H groups in total. The van der Waals surface area contributed by atoms with Crippen molar-refractivity contribution in [1.82, 2.24) is 0 Å². The lowest BCUT2D eigenvalue weighted by atomic mass is 9.95. The highest BCUT2D eigenvalue weighted by molar-refractivity contribution is 5.38. The third kappa shape index (κ3) is 2.96. The highest BCUT2D eigenvalue weighted by Crippen LogP contribution is 2.26. The number of hydrogen-bond acceptors (Lipinski definition) is 2. The van der Waals surface area contributed by atoms with E-state index in [-0.39, 0.29) is 12.5 Å². The second-order valence-electron chi connectivity index (χ2n) is 4.07. The van der Waals surface area contributed by atoms with Crippen LogP contribution in [-0.4, -0.2) is 18.8 Å². The summed E-state index contributed by atoms with van der Waals surface area (Å²) in [5, 5.41) is 9.08. The smallest absolute Gasteiger partial charge is 0.119 e. The molecule has 0 aliphatic rings. The number of aliphatic hydroxyl groups is 1. The van der Waals surface area contributed by atoms with Gasteiger partial charge in [-0.1, -0.05) is 19.9 Å². The third-order valence-corrected chi connectivity index (χ3v) is 2.55. The van der Waals surface area contributed by atoms with Gasteiger partial charge in [-0.2, -0.15) is 0 Å². The molecule has 0 saturated carbocycles. The zero-order valence-electron chi connectivity index (χ0n) is 9.66. The fourth-order valence-corrected chi connectivity index (χ4v) is 1.44. The Kier molecular flexibility index (Phi) is 4.15. The molecule has 0 aromatic heterocycles. The molecule has 0 aliphatic carbocycles. The lowest BCUT2D eigenvalue weighted by molar-refractivity contribution is 0.282. The van der Waals surface area contributed by atoms with E-state index in [1.165, 1.54) is 5.56 Å². The summed E-state index contributed by atoms with van der Waals surface area (Å²) >= 11 is 0. The zero-order chi connectivity index (χ0) is 11.4. The maximum absolute atomic E-state index is 9.08. The van der Waals surface area contributed by atoms with Crippen LogP contribution in [0.15, 0.2) is 18.2 Å². The van der Waals surface area contributed by atoms with Gasteiger partial charge in [0.25, 0.3) is 0 Å². The zero-order valence-corrected chi connectivity index (χ0v) is 9.66. The van der Waals surface area contributed by atoms with E-state index >= 15 is 0 Å². The largest absolute Gasteiger partial charge is 0.497 e. The van der Waals surface area contributed by atoms with Crippen LogP contribution in [-0.2, 0) is 0 Å². The minimum absolute atomic E-state index is 0.0602. The molecule has 0 bridgehead atoms. The van der Waals surface area contributed by atoms with Gasteiger partial charge in [0.2, 0.25) is 0 Å². The van der Waals surface area contributed by atoms with Gasteiger partial charge in [-0.15, -0.1) is 0 Å². The van der Waals surface area contributed by atoms with Gasteiger partial charge in [0, 0.05) is 12.5 Å². The van der Waals surface area contributed by atoms with Crippen molar-refractivity contribution in [2.75, 3.05) is 13.7 Å². The van der Waals surface area contributed by atoms with Gasteiger partial charge in [0.05, 0.1) is 7.11 Å². The first-order chi connectivity index (χ1) is 7.08. The predicted octanol–water partition coefficient (Wildman–Crippen LogP) is 2.73. The number of benzene rings is 1. The summed E-state index contributed by atoms with van der Waals surface area (Å²) in [7, 11) is 1.65. The van der Waals surface area contributed by atoms with E-state index in [0.717, 1.165) is 11.3 Å². The van der Waals surface area contributed by atoms with Gasteiger partial charge in [-0.05, 0) is 36.1 Å². The second-order valence-corrected chi connectivity index (χ2v) is 4.07. The van der Waals surface area contributed by atoms with Crippen LogP contribution in [0.4, 0.5) is 0 Å². The number of ether oxygens (including phenoxy) is 1. The fourth-order valence-electron chi connectivity index (χ4n) is 1.44. The van der Waals surface area contributed by atoms with Crippen LogP contribution in [0.3, 0.4) is 0 Å². The highest BCUT2D eigenvalue weighted by atomic mass is 16.5. The molecule has 1 unspecified atom stereocenters. The summed E-state index contributed by atoms with van der Waals surface area (Å²) in [6, 6.07) is 6.04. The van der Waals surface area contributed by atoms with Crippen LogP contribution in [0, 0.1) is 6.92 Å². The average molecular weight is 207 g/mol. The molecule has 15 heavy (non-hydrogen) atoms. The maximum Gasteiger partial charge on any atom is 0.119 e. The molecular weight excluding hydrogens is 188 g/mol. The average Bonchev–Trinajstić information content (AvgIpc) is 2.27. The van der Waals surface area contributed by atoms with Crippen molar-refractivity contribution >= 4 is 0 Å². The molecule has 1 aromatic rings. The minimum Gasteiger partial charge on any atom is -0.497 e. The van der Waals surface area contributed by atoms with Crippen LogP contribution in [0.2, 0.25) is 0 Å².